The van der Waals surface area contributed by atoms with Gasteiger partial charge in [0.05, 0.1) is 10.7 Å². The first-order valence-electron chi connectivity index (χ1n) is 5.00. The van der Waals surface area contributed by atoms with Crippen LogP contribution in [0.25, 0.3) is 0 Å². The maximum absolute atomic E-state index is 4.50. The molecule has 0 radical (unpaired) electrons. The minimum Gasteiger partial charge on any atom is -0.294 e. The molecule has 2 rings (SSSR count). The van der Waals surface area contributed by atoms with Gasteiger partial charge in [0.25, 0.3) is 0 Å². The molecule has 0 saturated carbocycles. The fourth-order valence-electron chi connectivity index (χ4n) is 1.97. The van der Waals surface area contributed by atoms with E-state index in [9.17, 15) is 0 Å². The third-order valence-corrected chi connectivity index (χ3v) is 4.28. The molecule has 1 aliphatic rings. The van der Waals surface area contributed by atoms with Gasteiger partial charge in [-0.1, -0.05) is 15.9 Å². The number of nitrogens with zero attached hydrogens (tertiary/aromatic N) is 2. The van der Waals surface area contributed by atoms with E-state index in [1.165, 1.54) is 30.1 Å². The lowest BCUT2D eigenvalue weighted by Crippen LogP contribution is -2.30. The van der Waals surface area contributed by atoms with Crippen molar-refractivity contribution in [2.45, 2.75) is 32.4 Å². The third kappa shape index (κ3) is 2.35. The van der Waals surface area contributed by atoms with E-state index in [4.69, 9.17) is 0 Å². The second-order valence-corrected chi connectivity index (χ2v) is 5.49. The lowest BCUT2D eigenvalue weighted by atomic mass is 10.2. The van der Waals surface area contributed by atoms with Gasteiger partial charge in [0.1, 0.15) is 0 Å². The molecule has 1 atom stereocenters. The predicted molar refractivity (Wildman–Crippen MR) is 64.1 cm³/mol. The third-order valence-electron chi connectivity index (χ3n) is 2.71. The van der Waals surface area contributed by atoms with Crippen LogP contribution in [0.4, 0.5) is 0 Å². The first-order valence-corrected chi connectivity index (χ1v) is 7.00. The fraction of sp³-hybridized carbons (Fsp3) is 0.700. The van der Waals surface area contributed by atoms with E-state index in [0.717, 1.165) is 17.9 Å². The van der Waals surface area contributed by atoms with Crippen LogP contribution in [0.3, 0.4) is 0 Å². The lowest BCUT2D eigenvalue weighted by Gasteiger charge is -2.21. The Labute approximate surface area is 97.5 Å². The zero-order chi connectivity index (χ0) is 9.97. The quantitative estimate of drug-likeness (QED) is 0.789. The summed E-state index contributed by atoms with van der Waals surface area (Å²) in [6.07, 6.45) is 2.66. The van der Waals surface area contributed by atoms with Gasteiger partial charge in [-0.15, -0.1) is 11.3 Å². The van der Waals surface area contributed by atoms with Gasteiger partial charge in [0.2, 0.25) is 0 Å². The molecule has 0 N–H and O–H groups in total. The normalized spacial score (nSPS) is 23.1. The van der Waals surface area contributed by atoms with Gasteiger partial charge in [-0.05, 0) is 26.3 Å². The van der Waals surface area contributed by atoms with E-state index in [1.54, 1.807) is 11.3 Å². The molecule has 1 aromatic rings. The molecule has 2 heterocycles. The van der Waals surface area contributed by atoms with Crippen molar-refractivity contribution in [3.05, 3.63) is 16.1 Å². The Morgan fingerprint density at radius 3 is 3.21 bits per heavy atom. The van der Waals surface area contributed by atoms with Gasteiger partial charge in [-0.25, -0.2) is 4.98 Å². The Hall–Kier alpha value is 0.0700. The van der Waals surface area contributed by atoms with E-state index in [0.29, 0.717) is 0 Å². The second-order valence-electron chi connectivity index (χ2n) is 3.78. The first-order chi connectivity index (χ1) is 6.79. The van der Waals surface area contributed by atoms with Crippen LogP contribution in [0, 0.1) is 6.92 Å². The number of alkyl halides is 1. The van der Waals surface area contributed by atoms with Crippen LogP contribution in [0.5, 0.6) is 0 Å². The van der Waals surface area contributed by atoms with E-state index < -0.39 is 0 Å². The SMILES string of the molecule is Cc1nc(CN2CCCC2CBr)cs1. The molecule has 4 heteroatoms. The standard InChI is InChI=1S/C10H15BrN2S/c1-8-12-9(7-14-8)6-13-4-2-3-10(13)5-11/h7,10H,2-6H2,1H3. The number of halogens is 1. The minimum atomic E-state index is 0.719. The summed E-state index contributed by atoms with van der Waals surface area (Å²) in [5.74, 6) is 0. The van der Waals surface area contributed by atoms with E-state index >= 15 is 0 Å². The van der Waals surface area contributed by atoms with Gasteiger partial charge in [0, 0.05) is 23.3 Å². The predicted octanol–water partition coefficient (Wildman–Crippen LogP) is 2.81. The van der Waals surface area contributed by atoms with Crippen LogP contribution in [-0.2, 0) is 6.54 Å². The molecule has 1 fully saturated rings. The minimum absolute atomic E-state index is 0.719. The summed E-state index contributed by atoms with van der Waals surface area (Å²) in [4.78, 5) is 7.04. The summed E-state index contributed by atoms with van der Waals surface area (Å²) in [7, 11) is 0. The number of rotatable bonds is 3. The van der Waals surface area contributed by atoms with Gasteiger partial charge >= 0.3 is 0 Å². The summed E-state index contributed by atoms with van der Waals surface area (Å²) in [5.41, 5.74) is 1.24. The number of hydrogen-bond donors (Lipinski definition) is 0. The highest BCUT2D eigenvalue weighted by molar-refractivity contribution is 9.09. The van der Waals surface area contributed by atoms with Crippen molar-refractivity contribution in [2.75, 3.05) is 11.9 Å². The van der Waals surface area contributed by atoms with Crippen LogP contribution in [0.1, 0.15) is 23.5 Å². The fourth-order valence-corrected chi connectivity index (χ4v) is 3.30. The van der Waals surface area contributed by atoms with Crippen molar-refractivity contribution in [3.63, 3.8) is 0 Å². The first kappa shape index (κ1) is 10.6. The Balaban J connectivity index is 1.96. The van der Waals surface area contributed by atoms with Crippen LogP contribution < -0.4 is 0 Å². The maximum atomic E-state index is 4.50. The van der Waals surface area contributed by atoms with Gasteiger partial charge in [-0.2, -0.15) is 0 Å². The second kappa shape index (κ2) is 4.73. The van der Waals surface area contributed by atoms with E-state index in [-0.39, 0.29) is 0 Å². The van der Waals surface area contributed by atoms with E-state index in [2.05, 4.69) is 38.1 Å². The molecule has 14 heavy (non-hydrogen) atoms. The number of hydrogen-bond acceptors (Lipinski definition) is 3. The zero-order valence-corrected chi connectivity index (χ0v) is 10.8. The summed E-state index contributed by atoms with van der Waals surface area (Å²) < 4.78 is 0. The monoisotopic (exact) mass is 274 g/mol. The molecule has 78 valence electrons. The van der Waals surface area contributed by atoms with Gasteiger partial charge in [0.15, 0.2) is 0 Å². The molecule has 0 spiro atoms. The molecule has 1 aromatic heterocycles. The highest BCUT2D eigenvalue weighted by atomic mass is 79.9. The van der Waals surface area contributed by atoms with Crippen LogP contribution in [0.15, 0.2) is 5.38 Å². The Morgan fingerprint density at radius 1 is 1.71 bits per heavy atom. The summed E-state index contributed by atoms with van der Waals surface area (Å²) in [6, 6.07) is 0.719. The molecule has 1 aliphatic heterocycles. The van der Waals surface area contributed by atoms with Crippen LogP contribution in [-0.4, -0.2) is 27.8 Å². The van der Waals surface area contributed by atoms with Crippen molar-refractivity contribution < 1.29 is 0 Å². The maximum Gasteiger partial charge on any atom is 0.0897 e. The van der Waals surface area contributed by atoms with E-state index in [1.807, 2.05) is 0 Å². The van der Waals surface area contributed by atoms with Crippen molar-refractivity contribution in [1.82, 2.24) is 9.88 Å². The summed E-state index contributed by atoms with van der Waals surface area (Å²) in [5, 5.41) is 4.45. The largest absolute Gasteiger partial charge is 0.294 e. The van der Waals surface area contributed by atoms with Crippen LogP contribution >= 0.6 is 27.3 Å². The number of aromatic nitrogens is 1. The Kier molecular flexibility index (Phi) is 3.57. The van der Waals surface area contributed by atoms with Gasteiger partial charge < -0.3 is 0 Å². The number of thiazole rings is 1. The Bertz CT molecular complexity index is 300. The smallest absolute Gasteiger partial charge is 0.0897 e. The van der Waals surface area contributed by atoms with Crippen LogP contribution in [0.2, 0.25) is 0 Å². The van der Waals surface area contributed by atoms with Crippen molar-refractivity contribution in [2.24, 2.45) is 0 Å². The average molecular weight is 275 g/mol. The molecule has 1 saturated heterocycles. The molecule has 0 aliphatic carbocycles. The molecule has 1 unspecified atom stereocenters. The zero-order valence-electron chi connectivity index (χ0n) is 8.37. The van der Waals surface area contributed by atoms with Crippen molar-refractivity contribution in [1.29, 1.82) is 0 Å². The topological polar surface area (TPSA) is 16.1 Å². The summed E-state index contributed by atoms with van der Waals surface area (Å²) in [6.45, 7) is 4.33. The number of aryl methyl sites for hydroxylation is 1. The molecule has 0 aromatic carbocycles. The molecule has 2 nitrogen and oxygen atoms in total. The lowest BCUT2D eigenvalue weighted by molar-refractivity contribution is 0.262. The molecular formula is C10H15BrN2S. The number of likely N-dealkylation sites (tertiary alicyclic amines) is 1. The highest BCUT2D eigenvalue weighted by Crippen LogP contribution is 2.21. The van der Waals surface area contributed by atoms with Crippen molar-refractivity contribution in [3.8, 4) is 0 Å². The molecule has 0 amide bonds. The highest BCUT2D eigenvalue weighted by Gasteiger charge is 2.23. The molecular weight excluding hydrogens is 260 g/mol. The Morgan fingerprint density at radius 2 is 2.57 bits per heavy atom. The molecule has 0 bridgehead atoms. The van der Waals surface area contributed by atoms with Gasteiger partial charge in [-0.3, -0.25) is 4.90 Å². The average Bonchev–Trinajstić information content (AvgIpc) is 2.76. The summed E-state index contributed by atoms with van der Waals surface area (Å²) >= 11 is 5.32. The van der Waals surface area contributed by atoms with Crippen molar-refractivity contribution >= 4 is 27.3 Å².